The first-order chi connectivity index (χ1) is 13.6. The van der Waals surface area contributed by atoms with Gasteiger partial charge >= 0.3 is 0 Å². The van der Waals surface area contributed by atoms with Crippen LogP contribution in [0.4, 0.5) is 0 Å². The molecule has 3 N–H and O–H groups in total. The maximum Gasteiger partial charge on any atom is 0.238 e. The van der Waals surface area contributed by atoms with Crippen LogP contribution in [0.5, 0.6) is 0 Å². The van der Waals surface area contributed by atoms with Gasteiger partial charge < -0.3 is 11.1 Å². The van der Waals surface area contributed by atoms with Crippen LogP contribution in [0.3, 0.4) is 0 Å². The lowest BCUT2D eigenvalue weighted by molar-refractivity contribution is -0.131. The van der Waals surface area contributed by atoms with Gasteiger partial charge in [0.1, 0.15) is 0 Å². The molecule has 1 aromatic rings. The number of hydrogen-bond acceptors (Lipinski definition) is 6. The van der Waals surface area contributed by atoms with Crippen molar-refractivity contribution in [2.75, 3.05) is 20.1 Å². The number of carbonyl (C=O) groups excluding carboxylic acids is 1. The molecular formula is C21H23N5OS. The zero-order valence-corrected chi connectivity index (χ0v) is 16.6. The van der Waals surface area contributed by atoms with Crippen molar-refractivity contribution < 1.29 is 4.79 Å². The van der Waals surface area contributed by atoms with Crippen LogP contribution in [-0.4, -0.2) is 36.9 Å². The maximum absolute atomic E-state index is 13.1. The summed E-state index contributed by atoms with van der Waals surface area (Å²) in [6.45, 7) is 1.86. The van der Waals surface area contributed by atoms with E-state index in [0.717, 1.165) is 47.7 Å². The van der Waals surface area contributed by atoms with Crippen molar-refractivity contribution in [3.8, 4) is 6.07 Å². The van der Waals surface area contributed by atoms with Crippen molar-refractivity contribution in [2.24, 2.45) is 22.6 Å². The first-order valence-electron chi connectivity index (χ1n) is 9.50. The van der Waals surface area contributed by atoms with Gasteiger partial charge in [0.15, 0.2) is 0 Å². The number of aliphatic imine (C=N–C) groups is 1. The van der Waals surface area contributed by atoms with Crippen molar-refractivity contribution in [3.05, 3.63) is 51.4 Å². The number of allylic oxidation sites excluding steroid dienone is 2. The molecule has 7 heteroatoms. The zero-order valence-electron chi connectivity index (χ0n) is 15.8. The number of piperidine rings is 1. The molecule has 0 saturated carbocycles. The Morgan fingerprint density at radius 3 is 2.89 bits per heavy atom. The predicted octanol–water partition coefficient (Wildman–Crippen LogP) is 2.65. The van der Waals surface area contributed by atoms with Gasteiger partial charge in [-0.05, 0) is 60.5 Å². The SMILES string of the molecule is CN1C(=O)[C@H](C2CCNCC2)/C(=C2/CC(c3cccc(C#N)c3)=CS2)N=C1N. The van der Waals surface area contributed by atoms with Crippen LogP contribution in [-0.2, 0) is 4.79 Å². The van der Waals surface area contributed by atoms with E-state index in [1.807, 2.05) is 18.2 Å². The third-order valence-electron chi connectivity index (χ3n) is 5.67. The van der Waals surface area contributed by atoms with Crippen molar-refractivity contribution >= 4 is 29.2 Å². The summed E-state index contributed by atoms with van der Waals surface area (Å²) in [7, 11) is 1.70. The van der Waals surface area contributed by atoms with E-state index in [0.29, 0.717) is 12.0 Å². The van der Waals surface area contributed by atoms with Crippen molar-refractivity contribution in [1.82, 2.24) is 10.2 Å². The Bertz CT molecular complexity index is 936. The van der Waals surface area contributed by atoms with Crippen LogP contribution in [0, 0.1) is 23.2 Å². The summed E-state index contributed by atoms with van der Waals surface area (Å²) in [5, 5.41) is 14.6. The minimum absolute atomic E-state index is 0.0439. The molecule has 3 aliphatic heterocycles. The summed E-state index contributed by atoms with van der Waals surface area (Å²) in [5.41, 5.74) is 9.71. The molecule has 0 spiro atoms. The molecule has 0 aliphatic carbocycles. The van der Waals surface area contributed by atoms with E-state index in [-0.39, 0.29) is 23.7 Å². The summed E-state index contributed by atoms with van der Waals surface area (Å²) in [6, 6.07) is 9.82. The van der Waals surface area contributed by atoms with E-state index < -0.39 is 0 Å². The van der Waals surface area contributed by atoms with Crippen LogP contribution < -0.4 is 11.1 Å². The summed E-state index contributed by atoms with van der Waals surface area (Å²) < 4.78 is 0. The number of rotatable bonds is 2. The second kappa shape index (κ2) is 7.82. The number of nitrogens with zero attached hydrogens (tertiary/aromatic N) is 3. The summed E-state index contributed by atoms with van der Waals surface area (Å²) >= 11 is 1.62. The molecule has 3 heterocycles. The molecule has 28 heavy (non-hydrogen) atoms. The standard InChI is InChI=1S/C21H23N5OS/c1-26-20(27)18(14-5-7-24-8-6-14)19(25-21(26)23)17-10-16(12-28-17)15-4-2-3-13(9-15)11-22/h2-4,9,12,14,18,24H,5-8,10H2,1H3,(H2,23,25)/b19-17+/t18-/m1/s1. The summed E-state index contributed by atoms with van der Waals surface area (Å²) in [6.07, 6.45) is 2.64. The average molecular weight is 394 g/mol. The van der Waals surface area contributed by atoms with E-state index in [4.69, 9.17) is 11.0 Å². The lowest BCUT2D eigenvalue weighted by atomic mass is 9.80. The fourth-order valence-electron chi connectivity index (χ4n) is 4.05. The third-order valence-corrected chi connectivity index (χ3v) is 6.71. The Hall–Kier alpha value is -2.56. The Balaban J connectivity index is 1.67. The maximum atomic E-state index is 13.1. The highest BCUT2D eigenvalue weighted by molar-refractivity contribution is 8.06. The molecule has 1 saturated heterocycles. The number of nitrogens with one attached hydrogen (secondary N) is 1. The van der Waals surface area contributed by atoms with Gasteiger partial charge in [0.25, 0.3) is 0 Å². The van der Waals surface area contributed by atoms with Gasteiger partial charge in [-0.2, -0.15) is 5.26 Å². The first kappa shape index (κ1) is 18.8. The van der Waals surface area contributed by atoms with Crippen LogP contribution >= 0.6 is 11.8 Å². The topological polar surface area (TPSA) is 94.5 Å². The highest BCUT2D eigenvalue weighted by Crippen LogP contribution is 2.45. The zero-order chi connectivity index (χ0) is 19.7. The number of carbonyl (C=O) groups is 1. The number of amides is 1. The molecule has 4 rings (SSSR count). The first-order valence-corrected chi connectivity index (χ1v) is 10.4. The molecule has 0 radical (unpaired) electrons. The minimum atomic E-state index is -0.236. The van der Waals surface area contributed by atoms with Gasteiger partial charge in [0.2, 0.25) is 11.9 Å². The van der Waals surface area contributed by atoms with Gasteiger partial charge in [0.05, 0.1) is 23.2 Å². The number of guanidine groups is 1. The summed E-state index contributed by atoms with van der Waals surface area (Å²) in [4.78, 5) is 20.3. The number of nitriles is 1. The van der Waals surface area contributed by atoms with Crippen molar-refractivity contribution in [1.29, 1.82) is 5.26 Å². The number of thioether (sulfide) groups is 1. The van der Waals surface area contributed by atoms with Crippen LogP contribution in [0.2, 0.25) is 0 Å². The van der Waals surface area contributed by atoms with E-state index in [1.54, 1.807) is 24.9 Å². The van der Waals surface area contributed by atoms with Gasteiger partial charge in [-0.1, -0.05) is 23.9 Å². The quantitative estimate of drug-likeness (QED) is 0.805. The number of benzene rings is 1. The second-order valence-electron chi connectivity index (χ2n) is 7.37. The second-order valence-corrected chi connectivity index (χ2v) is 8.34. The lowest BCUT2D eigenvalue weighted by Crippen LogP contribution is -2.49. The van der Waals surface area contributed by atoms with E-state index >= 15 is 0 Å². The highest BCUT2D eigenvalue weighted by Gasteiger charge is 2.40. The van der Waals surface area contributed by atoms with Gasteiger partial charge in [-0.15, -0.1) is 0 Å². The highest BCUT2D eigenvalue weighted by atomic mass is 32.2. The molecule has 0 bridgehead atoms. The fourth-order valence-corrected chi connectivity index (χ4v) is 5.09. The van der Waals surface area contributed by atoms with Gasteiger partial charge in [-0.25, -0.2) is 4.99 Å². The summed E-state index contributed by atoms with van der Waals surface area (Å²) in [5.74, 6) is 0.350. The molecule has 1 atom stereocenters. The van der Waals surface area contributed by atoms with Crippen LogP contribution in [0.25, 0.3) is 5.57 Å². The largest absolute Gasteiger partial charge is 0.369 e. The molecular weight excluding hydrogens is 370 g/mol. The fraction of sp³-hybridized carbons (Fsp3) is 0.381. The third kappa shape index (κ3) is 3.46. The van der Waals surface area contributed by atoms with Crippen molar-refractivity contribution in [3.63, 3.8) is 0 Å². The average Bonchev–Trinajstić information content (AvgIpc) is 3.22. The molecule has 144 valence electrons. The molecule has 1 amide bonds. The van der Waals surface area contributed by atoms with Crippen LogP contribution in [0.1, 0.15) is 30.4 Å². The molecule has 1 aromatic carbocycles. The monoisotopic (exact) mass is 393 g/mol. The number of nitrogens with two attached hydrogens (primary N) is 1. The normalized spacial score (nSPS) is 26.1. The predicted molar refractivity (Wildman–Crippen MR) is 112 cm³/mol. The number of hydrogen-bond donors (Lipinski definition) is 2. The van der Waals surface area contributed by atoms with E-state index in [1.165, 1.54) is 4.90 Å². The van der Waals surface area contributed by atoms with Gasteiger partial charge in [-0.3, -0.25) is 9.69 Å². The minimum Gasteiger partial charge on any atom is -0.369 e. The molecule has 0 unspecified atom stereocenters. The van der Waals surface area contributed by atoms with E-state index in [2.05, 4.69) is 21.8 Å². The Morgan fingerprint density at radius 2 is 2.14 bits per heavy atom. The molecule has 3 aliphatic rings. The Morgan fingerprint density at radius 1 is 1.36 bits per heavy atom. The van der Waals surface area contributed by atoms with Gasteiger partial charge in [0, 0.05) is 18.4 Å². The Labute approximate surface area is 169 Å². The molecule has 1 fully saturated rings. The lowest BCUT2D eigenvalue weighted by Gasteiger charge is -2.36. The molecule has 0 aromatic heterocycles. The van der Waals surface area contributed by atoms with E-state index in [9.17, 15) is 4.79 Å². The molecule has 6 nitrogen and oxygen atoms in total. The smallest absolute Gasteiger partial charge is 0.238 e. The Kier molecular flexibility index (Phi) is 5.25. The van der Waals surface area contributed by atoms with Crippen molar-refractivity contribution in [2.45, 2.75) is 19.3 Å². The van der Waals surface area contributed by atoms with Crippen LogP contribution in [0.15, 0.2) is 45.3 Å².